The predicted octanol–water partition coefficient (Wildman–Crippen LogP) is 1.91. The van der Waals surface area contributed by atoms with Gasteiger partial charge in [0.05, 0.1) is 12.3 Å². The number of fused-ring (bicyclic) bond motifs is 1. The molecular formula is C14H24N4OS. The van der Waals surface area contributed by atoms with Gasteiger partial charge in [-0.1, -0.05) is 13.8 Å². The van der Waals surface area contributed by atoms with Gasteiger partial charge in [0.2, 0.25) is 0 Å². The summed E-state index contributed by atoms with van der Waals surface area (Å²) in [5.41, 5.74) is 0.889. The summed E-state index contributed by atoms with van der Waals surface area (Å²) >= 11 is 1.60. The summed E-state index contributed by atoms with van der Waals surface area (Å²) in [5, 5.41) is 11.7. The highest BCUT2D eigenvalue weighted by Gasteiger charge is 2.19. The average Bonchev–Trinajstić information content (AvgIpc) is 2.93. The van der Waals surface area contributed by atoms with Crippen LogP contribution in [0.25, 0.3) is 4.96 Å². The smallest absolute Gasteiger partial charge is 0.195 e. The zero-order valence-corrected chi connectivity index (χ0v) is 13.5. The molecule has 0 spiro atoms. The van der Waals surface area contributed by atoms with Crippen molar-refractivity contribution in [2.45, 2.75) is 20.5 Å². The van der Waals surface area contributed by atoms with Crippen molar-refractivity contribution in [1.29, 1.82) is 0 Å². The van der Waals surface area contributed by atoms with Crippen molar-refractivity contribution in [1.82, 2.24) is 14.3 Å². The minimum absolute atomic E-state index is 0.0177. The lowest BCUT2D eigenvalue weighted by atomic mass is 10.2. The van der Waals surface area contributed by atoms with Crippen LogP contribution in [0.15, 0.2) is 11.6 Å². The van der Waals surface area contributed by atoms with E-state index < -0.39 is 0 Å². The molecule has 0 amide bonds. The van der Waals surface area contributed by atoms with Gasteiger partial charge in [0, 0.05) is 31.2 Å². The molecule has 0 aliphatic carbocycles. The van der Waals surface area contributed by atoms with Crippen molar-refractivity contribution >= 4 is 22.1 Å². The quantitative estimate of drug-likeness (QED) is 0.848. The molecule has 0 aromatic carbocycles. The summed E-state index contributed by atoms with van der Waals surface area (Å²) in [6, 6.07) is 0. The molecule has 0 saturated carbocycles. The molecule has 0 radical (unpaired) electrons. The maximum atomic E-state index is 9.69. The molecule has 2 rings (SSSR count). The van der Waals surface area contributed by atoms with E-state index in [4.69, 9.17) is 4.98 Å². The minimum atomic E-state index is 0.0177. The van der Waals surface area contributed by atoms with Crippen LogP contribution < -0.4 is 4.90 Å². The first-order chi connectivity index (χ1) is 9.52. The van der Waals surface area contributed by atoms with Crippen molar-refractivity contribution in [3.8, 4) is 0 Å². The maximum absolute atomic E-state index is 9.69. The Morgan fingerprint density at radius 3 is 2.70 bits per heavy atom. The fraction of sp³-hybridized carbons (Fsp3) is 0.643. The minimum Gasteiger partial charge on any atom is -0.390 e. The first kappa shape index (κ1) is 15.3. The number of rotatable bonds is 7. The third kappa shape index (κ3) is 3.31. The lowest BCUT2D eigenvalue weighted by Crippen LogP contribution is -2.35. The van der Waals surface area contributed by atoms with Gasteiger partial charge in [-0.2, -0.15) is 0 Å². The van der Waals surface area contributed by atoms with Gasteiger partial charge in [0.15, 0.2) is 10.8 Å². The topological polar surface area (TPSA) is 44.0 Å². The van der Waals surface area contributed by atoms with Crippen molar-refractivity contribution < 1.29 is 5.11 Å². The third-order valence-corrected chi connectivity index (χ3v) is 3.95. The SMILES string of the molecule is CC(C)CN(CCN(C)C)c1nc2sccn2c1CO. The summed E-state index contributed by atoms with van der Waals surface area (Å²) in [5.74, 6) is 1.48. The first-order valence-corrected chi connectivity index (χ1v) is 7.85. The van der Waals surface area contributed by atoms with Gasteiger partial charge in [-0.15, -0.1) is 11.3 Å². The van der Waals surface area contributed by atoms with Crippen LogP contribution in [0.1, 0.15) is 19.5 Å². The van der Waals surface area contributed by atoms with Crippen LogP contribution in [0, 0.1) is 5.92 Å². The monoisotopic (exact) mass is 296 g/mol. The molecule has 0 fully saturated rings. The average molecular weight is 296 g/mol. The molecule has 0 aliphatic rings. The number of hydrogen-bond acceptors (Lipinski definition) is 5. The van der Waals surface area contributed by atoms with Crippen molar-refractivity contribution in [2.75, 3.05) is 38.6 Å². The third-order valence-electron chi connectivity index (χ3n) is 3.19. The van der Waals surface area contributed by atoms with Crippen molar-refractivity contribution in [3.63, 3.8) is 0 Å². The van der Waals surface area contributed by atoms with Gasteiger partial charge in [0.1, 0.15) is 0 Å². The zero-order valence-electron chi connectivity index (χ0n) is 12.7. The summed E-state index contributed by atoms with van der Waals surface area (Å²) in [7, 11) is 4.15. The summed E-state index contributed by atoms with van der Waals surface area (Å²) in [6.45, 7) is 7.28. The molecule has 0 saturated heterocycles. The lowest BCUT2D eigenvalue weighted by Gasteiger charge is -2.27. The number of thiazole rings is 1. The van der Waals surface area contributed by atoms with Gasteiger partial charge in [-0.25, -0.2) is 4.98 Å². The van der Waals surface area contributed by atoms with E-state index >= 15 is 0 Å². The fourth-order valence-electron chi connectivity index (χ4n) is 2.27. The van der Waals surface area contributed by atoms with Gasteiger partial charge < -0.3 is 14.9 Å². The van der Waals surface area contributed by atoms with Crippen molar-refractivity contribution in [2.24, 2.45) is 5.92 Å². The van der Waals surface area contributed by atoms with E-state index in [9.17, 15) is 5.11 Å². The Hall–Kier alpha value is -1.11. The molecule has 0 atom stereocenters. The molecule has 0 bridgehead atoms. The molecule has 112 valence electrons. The molecule has 20 heavy (non-hydrogen) atoms. The second kappa shape index (κ2) is 6.56. The van der Waals surface area contributed by atoms with Crippen molar-refractivity contribution in [3.05, 3.63) is 17.3 Å². The van der Waals surface area contributed by atoms with Crippen LogP contribution >= 0.6 is 11.3 Å². The molecule has 2 aromatic rings. The van der Waals surface area contributed by atoms with Gasteiger partial charge in [-0.05, 0) is 20.0 Å². The number of aliphatic hydroxyl groups is 1. The predicted molar refractivity (Wildman–Crippen MR) is 84.6 cm³/mol. The lowest BCUT2D eigenvalue weighted by molar-refractivity contribution is 0.276. The Balaban J connectivity index is 2.30. The van der Waals surface area contributed by atoms with Crippen LogP contribution in [0.5, 0.6) is 0 Å². The Labute approximate surface area is 124 Å². The van der Waals surface area contributed by atoms with E-state index in [1.165, 1.54) is 0 Å². The number of likely N-dealkylation sites (N-methyl/N-ethyl adjacent to an activating group) is 1. The summed E-state index contributed by atoms with van der Waals surface area (Å²) in [4.78, 5) is 10.1. The molecular weight excluding hydrogens is 272 g/mol. The highest BCUT2D eigenvalue weighted by Crippen LogP contribution is 2.25. The van der Waals surface area contributed by atoms with E-state index in [1.807, 2.05) is 16.0 Å². The zero-order chi connectivity index (χ0) is 14.7. The number of anilines is 1. The normalized spacial score (nSPS) is 11.9. The highest BCUT2D eigenvalue weighted by molar-refractivity contribution is 7.15. The van der Waals surface area contributed by atoms with Crippen LogP contribution in [-0.2, 0) is 6.61 Å². The van der Waals surface area contributed by atoms with Gasteiger partial charge >= 0.3 is 0 Å². The highest BCUT2D eigenvalue weighted by atomic mass is 32.1. The number of hydrogen-bond donors (Lipinski definition) is 1. The van der Waals surface area contributed by atoms with Crippen LogP contribution in [0.3, 0.4) is 0 Å². The summed E-state index contributed by atoms with van der Waals surface area (Å²) < 4.78 is 1.99. The molecule has 6 heteroatoms. The van der Waals surface area contributed by atoms with Crippen LogP contribution in [-0.4, -0.2) is 53.1 Å². The second-order valence-electron chi connectivity index (χ2n) is 5.74. The van der Waals surface area contributed by atoms with Crippen LogP contribution in [0.2, 0.25) is 0 Å². The largest absolute Gasteiger partial charge is 0.390 e. The Kier molecular flexibility index (Phi) is 5.01. The molecule has 2 aromatic heterocycles. The van der Waals surface area contributed by atoms with E-state index in [1.54, 1.807) is 11.3 Å². The molecule has 5 nitrogen and oxygen atoms in total. The molecule has 2 heterocycles. The van der Waals surface area contributed by atoms with E-state index in [-0.39, 0.29) is 6.61 Å². The standard InChI is InChI=1S/C14H24N4OS/c1-11(2)9-17(6-5-16(3)4)13-12(10-19)18-7-8-20-14(18)15-13/h7-8,11,19H,5-6,9-10H2,1-4H3. The molecule has 0 unspecified atom stereocenters. The second-order valence-corrected chi connectivity index (χ2v) is 6.61. The first-order valence-electron chi connectivity index (χ1n) is 6.98. The summed E-state index contributed by atoms with van der Waals surface area (Å²) in [6.07, 6.45) is 1.97. The van der Waals surface area contributed by atoms with Gasteiger partial charge in [0.25, 0.3) is 0 Å². The van der Waals surface area contributed by atoms with Crippen LogP contribution in [0.4, 0.5) is 5.82 Å². The van der Waals surface area contributed by atoms with Gasteiger partial charge in [-0.3, -0.25) is 4.40 Å². The molecule has 0 aliphatic heterocycles. The van der Waals surface area contributed by atoms with E-state index in [2.05, 4.69) is 37.7 Å². The van der Waals surface area contributed by atoms with E-state index in [0.717, 1.165) is 36.1 Å². The molecule has 1 N–H and O–H groups in total. The number of aliphatic hydroxyl groups excluding tert-OH is 1. The van der Waals surface area contributed by atoms with E-state index in [0.29, 0.717) is 5.92 Å². The number of nitrogens with zero attached hydrogens (tertiary/aromatic N) is 4. The number of aromatic nitrogens is 2. The Morgan fingerprint density at radius 2 is 2.10 bits per heavy atom. The Bertz CT molecular complexity index is 546. The Morgan fingerprint density at radius 1 is 1.35 bits per heavy atom. The maximum Gasteiger partial charge on any atom is 0.195 e. The number of imidazole rings is 1. The fourth-order valence-corrected chi connectivity index (χ4v) is 2.99.